The first kappa shape index (κ1) is 20.2. The molecule has 1 heterocycles. The monoisotopic (exact) mass is 358 g/mol. The maximum Gasteiger partial charge on any atom is 0.432 e. The van der Waals surface area contributed by atoms with Crippen LogP contribution in [0.25, 0.3) is 0 Å². The van der Waals surface area contributed by atoms with Crippen molar-refractivity contribution in [1.29, 1.82) is 0 Å². The summed E-state index contributed by atoms with van der Waals surface area (Å²) in [6, 6.07) is 1.29. The molecule has 0 radical (unpaired) electrons. The first-order valence-electron chi connectivity index (χ1n) is 6.91. The van der Waals surface area contributed by atoms with Crippen molar-refractivity contribution >= 4 is 11.6 Å². The molecule has 0 unspecified atom stereocenters. The lowest BCUT2D eigenvalue weighted by Gasteiger charge is -2.32. The Morgan fingerprint density at radius 3 is 1.96 bits per heavy atom. The Morgan fingerprint density at radius 1 is 1.17 bits per heavy atom. The molecule has 0 saturated carbocycles. The lowest BCUT2D eigenvalue weighted by atomic mass is 9.97. The van der Waals surface area contributed by atoms with Gasteiger partial charge in [0.2, 0.25) is 5.91 Å². The smallest absolute Gasteiger partial charge is 0.368 e. The summed E-state index contributed by atoms with van der Waals surface area (Å²) in [5, 5.41) is 9.25. The first-order chi connectivity index (χ1) is 10.8. The van der Waals surface area contributed by atoms with Crippen LogP contribution in [0.15, 0.2) is 18.3 Å². The molecular formula is C14H16F6N2O2. The highest BCUT2D eigenvalue weighted by atomic mass is 19.4. The minimum Gasteiger partial charge on any atom is -0.368 e. The van der Waals surface area contributed by atoms with E-state index in [0.717, 1.165) is 6.07 Å². The van der Waals surface area contributed by atoms with E-state index in [9.17, 15) is 36.2 Å². The summed E-state index contributed by atoms with van der Waals surface area (Å²) in [5.74, 6) is -0.791. The maximum absolute atomic E-state index is 12.8. The lowest BCUT2D eigenvalue weighted by Crippen LogP contribution is -2.54. The number of alkyl halides is 6. The van der Waals surface area contributed by atoms with Gasteiger partial charge in [-0.1, -0.05) is 13.8 Å². The third-order valence-corrected chi connectivity index (χ3v) is 3.33. The van der Waals surface area contributed by atoms with Crippen molar-refractivity contribution in [3.63, 3.8) is 0 Å². The molecule has 136 valence electrons. The van der Waals surface area contributed by atoms with Crippen LogP contribution in [0, 0.1) is 5.92 Å². The largest absolute Gasteiger partial charge is 0.432 e. The Kier molecular flexibility index (Phi) is 5.54. The number of aromatic nitrogens is 1. The molecule has 4 nitrogen and oxygen atoms in total. The van der Waals surface area contributed by atoms with Gasteiger partial charge >= 0.3 is 12.4 Å². The number of aliphatic hydroxyl groups is 1. The molecule has 1 aromatic rings. The first-order valence-corrected chi connectivity index (χ1v) is 6.91. The van der Waals surface area contributed by atoms with Crippen LogP contribution in [0.4, 0.5) is 32.0 Å². The van der Waals surface area contributed by atoms with Gasteiger partial charge in [0.25, 0.3) is 5.60 Å². The van der Waals surface area contributed by atoms with E-state index in [4.69, 9.17) is 0 Å². The molecule has 0 aliphatic heterocycles. The van der Waals surface area contributed by atoms with Crippen LogP contribution in [0.1, 0.15) is 26.5 Å². The third-order valence-electron chi connectivity index (χ3n) is 3.33. The predicted octanol–water partition coefficient (Wildman–Crippen LogP) is 3.40. The third kappa shape index (κ3) is 3.47. The van der Waals surface area contributed by atoms with Gasteiger partial charge in [0.1, 0.15) is 0 Å². The SMILES string of the molecule is CCN(C(=O)C(C)C)c1ccc(C(O)(C(F)(F)F)C(F)(F)F)nc1. The summed E-state index contributed by atoms with van der Waals surface area (Å²) in [6.07, 6.45) is -11.3. The average Bonchev–Trinajstić information content (AvgIpc) is 2.45. The number of anilines is 1. The van der Waals surface area contributed by atoms with E-state index < -0.39 is 29.6 Å². The van der Waals surface area contributed by atoms with Crippen molar-refractivity contribution in [3.8, 4) is 0 Å². The summed E-state index contributed by atoms with van der Waals surface area (Å²) in [6.45, 7) is 4.94. The van der Waals surface area contributed by atoms with Gasteiger partial charge in [-0.15, -0.1) is 0 Å². The number of carbonyl (C=O) groups is 1. The van der Waals surface area contributed by atoms with Gasteiger partial charge < -0.3 is 10.0 Å². The van der Waals surface area contributed by atoms with Crippen molar-refractivity contribution in [1.82, 2.24) is 4.98 Å². The second-order valence-electron chi connectivity index (χ2n) is 5.34. The number of hydrogen-bond acceptors (Lipinski definition) is 3. The highest BCUT2D eigenvalue weighted by Gasteiger charge is 2.72. The molecule has 0 fully saturated rings. The fourth-order valence-electron chi connectivity index (χ4n) is 1.99. The molecule has 0 aliphatic rings. The van der Waals surface area contributed by atoms with E-state index in [2.05, 4.69) is 4.98 Å². The van der Waals surface area contributed by atoms with Crippen LogP contribution in [0.5, 0.6) is 0 Å². The quantitative estimate of drug-likeness (QED) is 0.840. The van der Waals surface area contributed by atoms with Crippen molar-refractivity contribution < 1.29 is 36.2 Å². The predicted molar refractivity (Wildman–Crippen MR) is 73.1 cm³/mol. The lowest BCUT2D eigenvalue weighted by molar-refractivity contribution is -0.377. The van der Waals surface area contributed by atoms with Crippen molar-refractivity contribution in [2.24, 2.45) is 5.92 Å². The normalized spacial score (nSPS) is 13.3. The molecule has 0 atom stereocenters. The molecule has 24 heavy (non-hydrogen) atoms. The van der Waals surface area contributed by atoms with Crippen LogP contribution in [0.3, 0.4) is 0 Å². The van der Waals surface area contributed by atoms with E-state index in [1.54, 1.807) is 20.8 Å². The van der Waals surface area contributed by atoms with Crippen molar-refractivity contribution in [3.05, 3.63) is 24.0 Å². The zero-order valence-electron chi connectivity index (χ0n) is 13.0. The number of pyridine rings is 1. The Balaban J connectivity index is 3.33. The fourth-order valence-corrected chi connectivity index (χ4v) is 1.99. The number of nitrogens with zero attached hydrogens (tertiary/aromatic N) is 2. The number of halogens is 6. The summed E-state index contributed by atoms with van der Waals surface area (Å²) in [7, 11) is 0. The van der Waals surface area contributed by atoms with E-state index in [-0.39, 0.29) is 18.1 Å². The highest BCUT2D eigenvalue weighted by molar-refractivity contribution is 5.94. The molecule has 0 spiro atoms. The Hall–Kier alpha value is -1.84. The molecular weight excluding hydrogens is 342 g/mol. The van der Waals surface area contributed by atoms with E-state index in [1.165, 1.54) is 4.90 Å². The van der Waals surface area contributed by atoms with Gasteiger partial charge in [-0.25, -0.2) is 0 Å². The van der Waals surface area contributed by atoms with Gasteiger partial charge in [0, 0.05) is 12.5 Å². The minimum absolute atomic E-state index is 0.0339. The number of carbonyl (C=O) groups excluding carboxylic acids is 1. The molecule has 1 N–H and O–H groups in total. The van der Waals surface area contributed by atoms with Crippen molar-refractivity contribution in [2.45, 2.75) is 38.7 Å². The standard InChI is InChI=1S/C14H16F6N2O2/c1-4-22(11(23)8(2)3)9-5-6-10(21-7-9)12(24,13(15,16)17)14(18,19)20/h5-8,24H,4H2,1-3H3. The van der Waals surface area contributed by atoms with E-state index >= 15 is 0 Å². The van der Waals surface area contributed by atoms with E-state index in [1.807, 2.05) is 0 Å². The Morgan fingerprint density at radius 2 is 1.67 bits per heavy atom. The maximum atomic E-state index is 12.8. The average molecular weight is 358 g/mol. The molecule has 0 aromatic carbocycles. The van der Waals surface area contributed by atoms with Crippen molar-refractivity contribution in [2.75, 3.05) is 11.4 Å². The van der Waals surface area contributed by atoms with Gasteiger partial charge in [0.05, 0.1) is 17.6 Å². The number of hydrogen-bond donors (Lipinski definition) is 1. The number of amides is 1. The molecule has 0 aliphatic carbocycles. The fraction of sp³-hybridized carbons (Fsp3) is 0.571. The highest BCUT2D eigenvalue weighted by Crippen LogP contribution is 2.49. The van der Waals surface area contributed by atoms with Crippen LogP contribution >= 0.6 is 0 Å². The van der Waals surface area contributed by atoms with Gasteiger partial charge in [-0.2, -0.15) is 26.3 Å². The van der Waals surface area contributed by atoms with Crippen LogP contribution in [0.2, 0.25) is 0 Å². The second-order valence-corrected chi connectivity index (χ2v) is 5.34. The van der Waals surface area contributed by atoms with Gasteiger partial charge in [-0.05, 0) is 19.1 Å². The van der Waals surface area contributed by atoms with Crippen LogP contribution in [-0.2, 0) is 10.4 Å². The molecule has 1 amide bonds. The van der Waals surface area contributed by atoms with Crippen LogP contribution < -0.4 is 4.90 Å². The Bertz CT molecular complexity index is 566. The minimum atomic E-state index is -6.00. The van der Waals surface area contributed by atoms with E-state index in [0.29, 0.717) is 12.3 Å². The number of rotatable bonds is 4. The van der Waals surface area contributed by atoms with Gasteiger partial charge in [0.15, 0.2) is 0 Å². The second kappa shape index (κ2) is 6.58. The van der Waals surface area contributed by atoms with Crippen LogP contribution in [-0.4, -0.2) is 34.9 Å². The summed E-state index contributed by atoms with van der Waals surface area (Å²) < 4.78 is 76.6. The molecule has 0 saturated heterocycles. The molecule has 0 bridgehead atoms. The molecule has 10 heteroatoms. The molecule has 1 rings (SSSR count). The summed E-state index contributed by atoms with van der Waals surface area (Å²) in [5.41, 5.74) is -6.66. The van der Waals surface area contributed by atoms with Gasteiger partial charge in [-0.3, -0.25) is 9.78 Å². The zero-order chi connectivity index (χ0) is 18.9. The summed E-state index contributed by atoms with van der Waals surface area (Å²) in [4.78, 5) is 16.2. The topological polar surface area (TPSA) is 53.4 Å². The zero-order valence-corrected chi connectivity index (χ0v) is 13.0. The Labute approximate surface area is 134 Å². The summed E-state index contributed by atoms with van der Waals surface area (Å²) >= 11 is 0. The molecule has 1 aromatic heterocycles.